The predicted molar refractivity (Wildman–Crippen MR) is 134 cm³/mol. The van der Waals surface area contributed by atoms with Crippen LogP contribution in [0.25, 0.3) is 10.9 Å². The molecule has 8 nitrogen and oxygen atoms in total. The molecule has 1 amide bonds. The van der Waals surface area contributed by atoms with E-state index in [1.807, 2.05) is 17.9 Å². The molecule has 34 heavy (non-hydrogen) atoms. The van der Waals surface area contributed by atoms with Crippen molar-refractivity contribution in [2.45, 2.75) is 13.8 Å². The van der Waals surface area contributed by atoms with Crippen LogP contribution >= 0.6 is 23.2 Å². The molecule has 1 aromatic heterocycles. The summed E-state index contributed by atoms with van der Waals surface area (Å²) in [7, 11) is 0. The second kappa shape index (κ2) is 10.4. The van der Waals surface area contributed by atoms with Crippen molar-refractivity contribution < 1.29 is 19.1 Å². The number of nitrogens with zero attached hydrogens (tertiary/aromatic N) is 2. The highest BCUT2D eigenvalue weighted by Crippen LogP contribution is 2.40. The van der Waals surface area contributed by atoms with Crippen molar-refractivity contribution >= 4 is 63.0 Å². The number of rotatable bonds is 7. The van der Waals surface area contributed by atoms with Crippen LogP contribution in [0.4, 0.5) is 17.1 Å². The number of pyridine rings is 1. The molecule has 2 aromatic carbocycles. The molecule has 0 saturated carbocycles. The lowest BCUT2D eigenvalue weighted by Crippen LogP contribution is -2.47. The summed E-state index contributed by atoms with van der Waals surface area (Å²) in [5.74, 6) is 0.00871. The molecular formula is C24H24Cl2N4O4. The second-order valence-electron chi connectivity index (χ2n) is 7.54. The fraction of sp³-hybridized carbons (Fsp3) is 0.292. The minimum absolute atomic E-state index is 0.0729. The third kappa shape index (κ3) is 4.83. The summed E-state index contributed by atoms with van der Waals surface area (Å²) in [6.07, 6.45) is 1.46. The third-order valence-corrected chi connectivity index (χ3v) is 6.15. The molecule has 4 rings (SSSR count). The number of amides is 1. The van der Waals surface area contributed by atoms with Crippen molar-refractivity contribution in [3.05, 3.63) is 52.1 Å². The molecule has 0 bridgehead atoms. The summed E-state index contributed by atoms with van der Waals surface area (Å²) >= 11 is 12.6. The fourth-order valence-electron chi connectivity index (χ4n) is 3.80. The summed E-state index contributed by atoms with van der Waals surface area (Å²) in [6.45, 7) is 5.62. The SMILES string of the molecule is CCOC(=O)c1cnc2cc(OCC)c(N3CCNC(=O)C3)cc2c1Nc1cccc(Cl)c1Cl. The van der Waals surface area contributed by atoms with Crippen LogP contribution in [0.1, 0.15) is 24.2 Å². The number of anilines is 3. The van der Waals surface area contributed by atoms with Crippen LogP contribution in [-0.2, 0) is 9.53 Å². The largest absolute Gasteiger partial charge is 0.492 e. The van der Waals surface area contributed by atoms with Gasteiger partial charge < -0.3 is 25.0 Å². The van der Waals surface area contributed by atoms with Crippen LogP contribution in [0.15, 0.2) is 36.5 Å². The van der Waals surface area contributed by atoms with Gasteiger partial charge in [0.05, 0.1) is 52.4 Å². The van der Waals surface area contributed by atoms with Gasteiger partial charge in [-0.1, -0.05) is 29.3 Å². The second-order valence-corrected chi connectivity index (χ2v) is 8.32. The maximum Gasteiger partial charge on any atom is 0.341 e. The maximum absolute atomic E-state index is 12.8. The molecule has 178 valence electrons. The van der Waals surface area contributed by atoms with Gasteiger partial charge in [0, 0.05) is 30.7 Å². The lowest BCUT2D eigenvalue weighted by molar-refractivity contribution is -0.120. The number of nitrogens with one attached hydrogen (secondary N) is 2. The Balaban J connectivity index is 1.93. The first-order valence-electron chi connectivity index (χ1n) is 10.9. The fourth-order valence-corrected chi connectivity index (χ4v) is 4.15. The molecule has 2 heterocycles. The van der Waals surface area contributed by atoms with E-state index in [4.69, 9.17) is 32.7 Å². The maximum atomic E-state index is 12.8. The standard InChI is InChI=1S/C24H24Cl2N4O4/c1-3-33-20-11-18-14(10-19(20)30-9-8-27-21(31)13-30)23(15(12-28-18)24(32)34-4-2)29-17-7-5-6-16(25)22(17)26/h5-7,10-12H,3-4,8-9,13H2,1-2H3,(H,27,31)(H,28,29). The lowest BCUT2D eigenvalue weighted by atomic mass is 10.1. The van der Waals surface area contributed by atoms with E-state index in [1.165, 1.54) is 6.20 Å². The number of hydrogen-bond acceptors (Lipinski definition) is 7. The third-order valence-electron chi connectivity index (χ3n) is 5.33. The van der Waals surface area contributed by atoms with Gasteiger partial charge in [-0.2, -0.15) is 0 Å². The van der Waals surface area contributed by atoms with E-state index >= 15 is 0 Å². The molecule has 2 N–H and O–H groups in total. The first-order valence-corrected chi connectivity index (χ1v) is 11.7. The Labute approximate surface area is 207 Å². The summed E-state index contributed by atoms with van der Waals surface area (Å²) in [5.41, 5.74) is 2.57. The first-order chi connectivity index (χ1) is 16.4. The monoisotopic (exact) mass is 502 g/mol. The van der Waals surface area contributed by atoms with Crippen molar-refractivity contribution in [1.29, 1.82) is 0 Å². The molecule has 0 aliphatic carbocycles. The number of carbonyl (C=O) groups is 2. The highest BCUT2D eigenvalue weighted by molar-refractivity contribution is 6.43. The van der Waals surface area contributed by atoms with Gasteiger partial charge in [0.25, 0.3) is 0 Å². The molecular weight excluding hydrogens is 479 g/mol. The lowest BCUT2D eigenvalue weighted by Gasteiger charge is -2.30. The molecule has 0 spiro atoms. The van der Waals surface area contributed by atoms with Crippen LogP contribution in [0.5, 0.6) is 5.75 Å². The Morgan fingerprint density at radius 3 is 2.79 bits per heavy atom. The zero-order chi connectivity index (χ0) is 24.2. The number of aromatic nitrogens is 1. The molecule has 0 radical (unpaired) electrons. The van der Waals surface area contributed by atoms with Gasteiger partial charge in [0.15, 0.2) is 0 Å². The zero-order valence-electron chi connectivity index (χ0n) is 18.8. The smallest absolute Gasteiger partial charge is 0.341 e. The summed E-state index contributed by atoms with van der Waals surface area (Å²) in [6, 6.07) is 8.88. The highest BCUT2D eigenvalue weighted by Gasteiger charge is 2.24. The zero-order valence-corrected chi connectivity index (χ0v) is 20.3. The van der Waals surface area contributed by atoms with Crippen molar-refractivity contribution in [2.24, 2.45) is 0 Å². The van der Waals surface area contributed by atoms with Crippen LogP contribution in [-0.4, -0.2) is 49.7 Å². The Hall–Kier alpha value is -3.23. The average molecular weight is 503 g/mol. The summed E-state index contributed by atoms with van der Waals surface area (Å²) in [5, 5.41) is 7.43. The van der Waals surface area contributed by atoms with E-state index in [1.54, 1.807) is 31.2 Å². The number of halogens is 2. The van der Waals surface area contributed by atoms with Crippen molar-refractivity contribution in [3.8, 4) is 5.75 Å². The minimum atomic E-state index is -0.523. The molecule has 3 aromatic rings. The first kappa shape index (κ1) is 23.9. The van der Waals surface area contributed by atoms with Crippen molar-refractivity contribution in [2.75, 3.05) is 43.1 Å². The van der Waals surface area contributed by atoms with Crippen molar-refractivity contribution in [1.82, 2.24) is 10.3 Å². The normalized spacial score (nSPS) is 13.5. The number of hydrogen-bond donors (Lipinski definition) is 2. The van der Waals surface area contributed by atoms with E-state index in [0.717, 1.165) is 5.69 Å². The van der Waals surface area contributed by atoms with E-state index in [-0.39, 0.29) is 24.6 Å². The van der Waals surface area contributed by atoms with Crippen LogP contribution in [0.2, 0.25) is 10.0 Å². The Morgan fingerprint density at radius 2 is 2.06 bits per heavy atom. The number of piperazine rings is 1. The Bertz CT molecular complexity index is 1250. The molecule has 10 heteroatoms. The van der Waals surface area contributed by atoms with Gasteiger partial charge in [-0.15, -0.1) is 0 Å². The van der Waals surface area contributed by atoms with Gasteiger partial charge in [-0.05, 0) is 32.0 Å². The van der Waals surface area contributed by atoms with Crippen molar-refractivity contribution in [3.63, 3.8) is 0 Å². The van der Waals surface area contributed by atoms with Crippen LogP contribution in [0.3, 0.4) is 0 Å². The molecule has 0 unspecified atom stereocenters. The number of carbonyl (C=O) groups excluding carboxylic acids is 2. The van der Waals surface area contributed by atoms with E-state index in [9.17, 15) is 9.59 Å². The highest BCUT2D eigenvalue weighted by atomic mass is 35.5. The van der Waals surface area contributed by atoms with Gasteiger partial charge in [0.2, 0.25) is 5.91 Å². The van der Waals surface area contributed by atoms with Gasteiger partial charge >= 0.3 is 5.97 Å². The van der Waals surface area contributed by atoms with Crippen LogP contribution < -0.4 is 20.3 Å². The topological polar surface area (TPSA) is 92.8 Å². The molecule has 1 fully saturated rings. The van der Waals surface area contributed by atoms with E-state index < -0.39 is 5.97 Å². The molecule has 0 atom stereocenters. The molecule has 1 aliphatic rings. The van der Waals surface area contributed by atoms with E-state index in [0.29, 0.717) is 57.8 Å². The Morgan fingerprint density at radius 1 is 1.24 bits per heavy atom. The predicted octanol–water partition coefficient (Wildman–Crippen LogP) is 4.80. The van der Waals surface area contributed by atoms with Gasteiger partial charge in [0.1, 0.15) is 11.3 Å². The summed E-state index contributed by atoms with van der Waals surface area (Å²) < 4.78 is 11.1. The number of esters is 1. The van der Waals surface area contributed by atoms with Gasteiger partial charge in [-0.25, -0.2) is 4.79 Å². The number of benzene rings is 2. The summed E-state index contributed by atoms with van der Waals surface area (Å²) in [4.78, 5) is 31.3. The number of fused-ring (bicyclic) bond motifs is 1. The molecule has 1 saturated heterocycles. The van der Waals surface area contributed by atoms with Gasteiger partial charge in [-0.3, -0.25) is 9.78 Å². The van der Waals surface area contributed by atoms with E-state index in [2.05, 4.69) is 15.6 Å². The average Bonchev–Trinajstić information content (AvgIpc) is 2.82. The minimum Gasteiger partial charge on any atom is -0.492 e. The number of ether oxygens (including phenoxy) is 2. The molecule has 1 aliphatic heterocycles. The Kier molecular flexibility index (Phi) is 7.29. The quantitative estimate of drug-likeness (QED) is 0.448. The van der Waals surface area contributed by atoms with Crippen LogP contribution in [0, 0.1) is 0 Å².